The third kappa shape index (κ3) is 7.75. The molecule has 0 aliphatic rings. The van der Waals surface area contributed by atoms with Crippen LogP contribution in [0.5, 0.6) is 0 Å². The Balaban J connectivity index is 4.96. The average Bonchev–Trinajstić information content (AvgIpc) is 2.42. The first-order valence-corrected chi connectivity index (χ1v) is 7.01. The molecule has 0 heterocycles. The fourth-order valence-corrected chi connectivity index (χ4v) is 1.62. The zero-order chi connectivity index (χ0) is 15.5. The van der Waals surface area contributed by atoms with E-state index in [1.807, 2.05) is 19.1 Å². The molecule has 0 aliphatic carbocycles. The van der Waals surface area contributed by atoms with Crippen molar-refractivity contribution >= 4 is 0 Å². The van der Waals surface area contributed by atoms with Gasteiger partial charge in [0, 0.05) is 13.7 Å². The fourth-order valence-electron chi connectivity index (χ4n) is 1.62. The second kappa shape index (κ2) is 10.2. The summed E-state index contributed by atoms with van der Waals surface area (Å²) in [6.07, 6.45) is 8.87. The van der Waals surface area contributed by atoms with Gasteiger partial charge in [-0.3, -0.25) is 0 Å². The molecule has 0 rings (SSSR count). The topological polar surface area (TPSA) is 9.23 Å². The molecule has 0 aromatic carbocycles. The highest BCUT2D eigenvalue weighted by molar-refractivity contribution is 5.51. The van der Waals surface area contributed by atoms with Crippen molar-refractivity contribution in [2.24, 2.45) is 0 Å². The van der Waals surface area contributed by atoms with Crippen LogP contribution in [0.25, 0.3) is 0 Å². The molecule has 0 aromatic rings. The zero-order valence-electron chi connectivity index (χ0n) is 13.3. The first kappa shape index (κ1) is 18.4. The van der Waals surface area contributed by atoms with Gasteiger partial charge in [0.2, 0.25) is 0 Å². The minimum atomic E-state index is 0.747. The summed E-state index contributed by atoms with van der Waals surface area (Å²) >= 11 is 0. The van der Waals surface area contributed by atoms with Gasteiger partial charge < -0.3 is 4.74 Å². The van der Waals surface area contributed by atoms with E-state index in [-0.39, 0.29) is 0 Å². The lowest BCUT2D eigenvalue weighted by Crippen LogP contribution is -1.96. The Labute approximate surface area is 124 Å². The lowest BCUT2D eigenvalue weighted by atomic mass is 9.94. The van der Waals surface area contributed by atoms with Crippen LogP contribution in [0, 0.1) is 0 Å². The largest absolute Gasteiger partial charge is 0.385 e. The molecule has 0 bridgehead atoms. The van der Waals surface area contributed by atoms with Crippen molar-refractivity contribution in [3.05, 3.63) is 72.4 Å². The lowest BCUT2D eigenvalue weighted by Gasteiger charge is -2.12. The van der Waals surface area contributed by atoms with E-state index in [1.165, 1.54) is 5.57 Å². The molecule has 1 heteroatoms. The van der Waals surface area contributed by atoms with Crippen LogP contribution in [0.2, 0.25) is 0 Å². The molecule has 20 heavy (non-hydrogen) atoms. The second-order valence-corrected chi connectivity index (χ2v) is 4.96. The van der Waals surface area contributed by atoms with Crippen LogP contribution in [0.1, 0.15) is 33.1 Å². The maximum absolute atomic E-state index is 5.12. The van der Waals surface area contributed by atoms with E-state index in [1.54, 1.807) is 7.11 Å². The van der Waals surface area contributed by atoms with Gasteiger partial charge in [0.1, 0.15) is 0 Å². The summed E-state index contributed by atoms with van der Waals surface area (Å²) in [5, 5.41) is 0. The Morgan fingerprint density at radius 2 is 1.75 bits per heavy atom. The number of hydrogen-bond acceptors (Lipinski definition) is 1. The number of methoxy groups -OCH3 is 1. The van der Waals surface area contributed by atoms with E-state index >= 15 is 0 Å². The molecule has 110 valence electrons. The van der Waals surface area contributed by atoms with Gasteiger partial charge in [0.25, 0.3) is 0 Å². The van der Waals surface area contributed by atoms with Gasteiger partial charge in [-0.1, -0.05) is 62.6 Å². The summed E-state index contributed by atoms with van der Waals surface area (Å²) in [4.78, 5) is 0. The first-order chi connectivity index (χ1) is 9.42. The number of ether oxygens (including phenoxy) is 1. The van der Waals surface area contributed by atoms with Crippen molar-refractivity contribution < 1.29 is 4.74 Å². The molecule has 0 saturated carbocycles. The lowest BCUT2D eigenvalue weighted by molar-refractivity contribution is 0.195. The predicted molar refractivity (Wildman–Crippen MR) is 90.9 cm³/mol. The van der Waals surface area contributed by atoms with E-state index in [9.17, 15) is 0 Å². The maximum Gasteiger partial charge on any atom is 0.0465 e. The number of allylic oxidation sites excluding steroid dienone is 8. The van der Waals surface area contributed by atoms with Crippen LogP contribution >= 0.6 is 0 Å². The Kier molecular flexibility index (Phi) is 9.40. The Morgan fingerprint density at radius 3 is 2.25 bits per heavy atom. The molecule has 0 saturated heterocycles. The highest BCUT2D eigenvalue weighted by atomic mass is 16.5. The summed E-state index contributed by atoms with van der Waals surface area (Å²) < 4.78 is 5.12. The molecule has 0 atom stereocenters. The maximum atomic E-state index is 5.12. The summed E-state index contributed by atoms with van der Waals surface area (Å²) in [7, 11) is 1.72. The quantitative estimate of drug-likeness (QED) is 0.374. The summed E-state index contributed by atoms with van der Waals surface area (Å²) in [6.45, 7) is 21.0. The first-order valence-electron chi connectivity index (χ1n) is 7.01. The minimum absolute atomic E-state index is 0.747. The van der Waals surface area contributed by atoms with E-state index in [2.05, 4.69) is 39.3 Å². The summed E-state index contributed by atoms with van der Waals surface area (Å²) in [6, 6.07) is 0. The van der Waals surface area contributed by atoms with Gasteiger partial charge in [-0.2, -0.15) is 0 Å². The Bertz CT molecular complexity index is 433. The second-order valence-electron chi connectivity index (χ2n) is 4.96. The van der Waals surface area contributed by atoms with E-state index in [0.717, 1.165) is 48.2 Å². The smallest absolute Gasteiger partial charge is 0.0465 e. The summed E-state index contributed by atoms with van der Waals surface area (Å²) in [5.41, 5.74) is 5.18. The van der Waals surface area contributed by atoms with Crippen molar-refractivity contribution in [2.45, 2.75) is 33.1 Å². The van der Waals surface area contributed by atoms with Crippen molar-refractivity contribution in [2.75, 3.05) is 13.7 Å². The zero-order valence-corrected chi connectivity index (χ0v) is 13.3. The highest BCUT2D eigenvalue weighted by Crippen LogP contribution is 2.24. The molecular formula is C19H28O. The van der Waals surface area contributed by atoms with E-state index in [4.69, 9.17) is 4.74 Å². The Hall–Kier alpha value is -1.60. The normalized spacial score (nSPS) is 11.7. The average molecular weight is 272 g/mol. The molecule has 1 nitrogen and oxygen atoms in total. The van der Waals surface area contributed by atoms with Crippen LogP contribution in [-0.4, -0.2) is 13.7 Å². The molecule has 0 unspecified atom stereocenters. The Morgan fingerprint density at radius 1 is 1.10 bits per heavy atom. The van der Waals surface area contributed by atoms with Gasteiger partial charge >= 0.3 is 0 Å². The van der Waals surface area contributed by atoms with Crippen LogP contribution in [0.3, 0.4) is 0 Å². The molecular weight excluding hydrogens is 244 g/mol. The fraction of sp³-hybridized carbons (Fsp3) is 0.368. The van der Waals surface area contributed by atoms with E-state index < -0.39 is 0 Å². The van der Waals surface area contributed by atoms with Crippen molar-refractivity contribution in [1.29, 1.82) is 0 Å². The third-order valence-electron chi connectivity index (χ3n) is 2.97. The van der Waals surface area contributed by atoms with Crippen molar-refractivity contribution in [3.63, 3.8) is 0 Å². The van der Waals surface area contributed by atoms with Gasteiger partial charge in [0.15, 0.2) is 0 Å². The van der Waals surface area contributed by atoms with Crippen LogP contribution < -0.4 is 0 Å². The molecule has 0 aliphatic heterocycles. The monoisotopic (exact) mass is 272 g/mol. The highest BCUT2D eigenvalue weighted by Gasteiger charge is 2.05. The van der Waals surface area contributed by atoms with Crippen molar-refractivity contribution in [3.8, 4) is 0 Å². The van der Waals surface area contributed by atoms with Crippen LogP contribution in [0.15, 0.2) is 72.4 Å². The van der Waals surface area contributed by atoms with Crippen molar-refractivity contribution in [1.82, 2.24) is 0 Å². The molecule has 0 radical (unpaired) electrons. The number of hydrogen-bond donors (Lipinski definition) is 0. The molecule has 0 amide bonds. The van der Waals surface area contributed by atoms with Gasteiger partial charge in [0.05, 0.1) is 0 Å². The number of rotatable bonds is 10. The standard InChI is InChI=1S/C19H28O/c1-8-16(4)14-19(10-9-13-20-7)18(6)17(5)12-11-15(2)3/h11-12,14H,2,4-6,8-10,13H2,1,3,7H3/b12-11-,19-14-. The van der Waals surface area contributed by atoms with Gasteiger partial charge in [-0.05, 0) is 42.9 Å². The SMILES string of the molecule is C=C(C)/C=C\C(=C)C(=C)/C(=C\C(=C)CC)CCCOC. The molecule has 0 N–H and O–H groups in total. The predicted octanol–water partition coefficient (Wildman–Crippen LogP) is 5.55. The third-order valence-corrected chi connectivity index (χ3v) is 2.97. The van der Waals surface area contributed by atoms with E-state index in [0.29, 0.717) is 0 Å². The molecule has 0 fully saturated rings. The summed E-state index contributed by atoms with van der Waals surface area (Å²) in [5.74, 6) is 0. The molecule has 0 spiro atoms. The minimum Gasteiger partial charge on any atom is -0.385 e. The van der Waals surface area contributed by atoms with Crippen LogP contribution in [-0.2, 0) is 4.74 Å². The molecule has 0 aromatic heterocycles. The van der Waals surface area contributed by atoms with Gasteiger partial charge in [-0.15, -0.1) is 0 Å². The van der Waals surface area contributed by atoms with Gasteiger partial charge in [-0.25, -0.2) is 0 Å². The van der Waals surface area contributed by atoms with Crippen LogP contribution in [0.4, 0.5) is 0 Å².